The van der Waals surface area contributed by atoms with Crippen LogP contribution in [0.15, 0.2) is 11.8 Å². The molecule has 0 heterocycles. The summed E-state index contributed by atoms with van der Waals surface area (Å²) in [7, 11) is 0. The minimum atomic E-state index is 0.497. The topological polar surface area (TPSA) is 46.2 Å². The third-order valence-corrected chi connectivity index (χ3v) is 0.565. The van der Waals surface area contributed by atoms with Crippen molar-refractivity contribution in [3.05, 3.63) is 11.8 Å². The van der Waals surface area contributed by atoms with Crippen LogP contribution < -0.4 is 5.32 Å². The molecule has 0 spiro atoms. The van der Waals surface area contributed by atoms with Crippen molar-refractivity contribution in [3.8, 4) is 0 Å². The summed E-state index contributed by atoms with van der Waals surface area (Å²) in [6, 6.07) is 0. The lowest BCUT2D eigenvalue weighted by molar-refractivity contribution is -0.108. The molecule has 0 aromatic carbocycles. The minimum absolute atomic E-state index is 0.497. The smallest absolute Gasteiger partial charge is 0.211 e. The van der Waals surface area contributed by atoms with E-state index in [0.717, 1.165) is 0 Å². The second-order valence-electron chi connectivity index (χ2n) is 1.29. The highest BCUT2D eigenvalue weighted by Crippen LogP contribution is 1.78. The Labute approximate surface area is 47.4 Å². The quantitative estimate of drug-likeness (QED) is 0.408. The number of rotatable bonds is 3. The van der Waals surface area contributed by atoms with Gasteiger partial charge in [0.2, 0.25) is 6.41 Å². The van der Waals surface area contributed by atoms with Gasteiger partial charge in [-0.15, -0.1) is 0 Å². The third kappa shape index (κ3) is 3.08. The molecular weight excluding hydrogens is 106 g/mol. The summed E-state index contributed by atoms with van der Waals surface area (Å²) in [4.78, 5) is 19.3. The van der Waals surface area contributed by atoms with E-state index in [1.807, 2.05) is 0 Å². The molecule has 0 bridgehead atoms. The average molecular weight is 113 g/mol. The van der Waals surface area contributed by atoms with Crippen molar-refractivity contribution >= 4 is 12.7 Å². The molecule has 44 valence electrons. The Kier molecular flexibility index (Phi) is 3.48. The molecule has 3 nitrogen and oxygen atoms in total. The first-order valence-corrected chi connectivity index (χ1v) is 2.13. The molecule has 1 amide bonds. The molecule has 0 unspecified atom stereocenters. The van der Waals surface area contributed by atoms with E-state index in [1.165, 1.54) is 6.20 Å². The number of nitrogens with one attached hydrogen (secondary N) is 1. The van der Waals surface area contributed by atoms with Gasteiger partial charge in [0.15, 0.2) is 0 Å². The van der Waals surface area contributed by atoms with Crippen LogP contribution in [0.1, 0.15) is 6.92 Å². The summed E-state index contributed by atoms with van der Waals surface area (Å²) in [5.74, 6) is 0. The molecule has 0 aliphatic rings. The van der Waals surface area contributed by atoms with Crippen molar-refractivity contribution in [2.24, 2.45) is 0 Å². The lowest BCUT2D eigenvalue weighted by Crippen LogP contribution is -2.00. The molecule has 0 fully saturated rings. The van der Waals surface area contributed by atoms with Gasteiger partial charge in [-0.1, -0.05) is 0 Å². The monoisotopic (exact) mass is 113 g/mol. The molecule has 0 saturated carbocycles. The van der Waals surface area contributed by atoms with Gasteiger partial charge in [-0.05, 0) is 6.92 Å². The Balaban J connectivity index is 3.56. The predicted molar refractivity (Wildman–Crippen MR) is 29.0 cm³/mol. The van der Waals surface area contributed by atoms with Crippen LogP contribution in [0, 0.1) is 0 Å². The molecule has 0 aromatic heterocycles. The Morgan fingerprint density at radius 1 is 1.50 bits per heavy atom. The average Bonchev–Trinajstić information content (AvgIpc) is 1.83. The van der Waals surface area contributed by atoms with Crippen LogP contribution in [0.4, 0.5) is 0 Å². The van der Waals surface area contributed by atoms with Crippen LogP contribution in [0.5, 0.6) is 0 Å². The zero-order valence-corrected chi connectivity index (χ0v) is 4.55. The van der Waals surface area contributed by atoms with Crippen molar-refractivity contribution in [1.82, 2.24) is 5.32 Å². The van der Waals surface area contributed by atoms with Crippen molar-refractivity contribution in [2.75, 3.05) is 0 Å². The molecule has 0 saturated heterocycles. The molecule has 0 aromatic rings. The van der Waals surface area contributed by atoms with E-state index >= 15 is 0 Å². The number of carbonyl (C=O) groups excluding carboxylic acids is 2. The Morgan fingerprint density at radius 3 is 2.50 bits per heavy atom. The molecular formula is C5H7NO2. The molecule has 0 aliphatic heterocycles. The second kappa shape index (κ2) is 4.05. The first kappa shape index (κ1) is 6.88. The summed E-state index contributed by atoms with van der Waals surface area (Å²) < 4.78 is 0. The Bertz CT molecular complexity index is 118. The van der Waals surface area contributed by atoms with Gasteiger partial charge in [0.1, 0.15) is 6.29 Å². The van der Waals surface area contributed by atoms with Gasteiger partial charge >= 0.3 is 0 Å². The molecule has 1 N–H and O–H groups in total. The van der Waals surface area contributed by atoms with E-state index in [4.69, 9.17) is 0 Å². The van der Waals surface area contributed by atoms with Crippen LogP contribution >= 0.6 is 0 Å². The number of carbonyl (C=O) groups is 2. The lowest BCUT2D eigenvalue weighted by atomic mass is 10.4. The maximum atomic E-state index is 9.79. The molecule has 8 heavy (non-hydrogen) atoms. The highest BCUT2D eigenvalue weighted by Gasteiger charge is 1.78. The van der Waals surface area contributed by atoms with Crippen molar-refractivity contribution in [2.45, 2.75) is 6.92 Å². The SMILES string of the molecule is C/C(C=O)=C\NC=O. The molecule has 0 atom stereocenters. The van der Waals surface area contributed by atoms with Gasteiger partial charge in [0, 0.05) is 11.8 Å². The molecule has 0 radical (unpaired) electrons. The third-order valence-electron chi connectivity index (χ3n) is 0.565. The zero-order chi connectivity index (χ0) is 6.41. The minimum Gasteiger partial charge on any atom is -0.335 e. The first-order valence-electron chi connectivity index (χ1n) is 2.13. The van der Waals surface area contributed by atoms with E-state index in [1.54, 1.807) is 6.92 Å². The van der Waals surface area contributed by atoms with Crippen LogP contribution in [0.3, 0.4) is 0 Å². The standard InChI is InChI=1S/C5H7NO2/c1-5(3-7)2-6-4-8/h2-4H,1H3,(H,6,8)/b5-2+. The highest BCUT2D eigenvalue weighted by molar-refractivity contribution is 5.72. The summed E-state index contributed by atoms with van der Waals surface area (Å²) >= 11 is 0. The Hall–Kier alpha value is -1.12. The predicted octanol–water partition coefficient (Wildman–Crippen LogP) is -0.165. The van der Waals surface area contributed by atoms with Crippen LogP contribution in [0.25, 0.3) is 0 Å². The van der Waals surface area contributed by atoms with Gasteiger partial charge in [-0.25, -0.2) is 0 Å². The highest BCUT2D eigenvalue weighted by atomic mass is 16.1. The van der Waals surface area contributed by atoms with E-state index in [2.05, 4.69) is 5.32 Å². The van der Waals surface area contributed by atoms with Crippen LogP contribution in [0.2, 0.25) is 0 Å². The van der Waals surface area contributed by atoms with E-state index < -0.39 is 0 Å². The van der Waals surface area contributed by atoms with Crippen LogP contribution in [-0.4, -0.2) is 12.7 Å². The van der Waals surface area contributed by atoms with Gasteiger partial charge in [-0.2, -0.15) is 0 Å². The number of allylic oxidation sites excluding steroid dienone is 1. The fourth-order valence-electron chi connectivity index (χ4n) is 0.199. The fraction of sp³-hybridized carbons (Fsp3) is 0.200. The van der Waals surface area contributed by atoms with Crippen LogP contribution in [-0.2, 0) is 9.59 Å². The van der Waals surface area contributed by atoms with E-state index in [-0.39, 0.29) is 0 Å². The number of hydrogen-bond acceptors (Lipinski definition) is 2. The van der Waals surface area contributed by atoms with Gasteiger partial charge in [0.25, 0.3) is 0 Å². The van der Waals surface area contributed by atoms with Gasteiger partial charge in [-0.3, -0.25) is 9.59 Å². The summed E-state index contributed by atoms with van der Waals surface area (Å²) in [5.41, 5.74) is 0.497. The first-order chi connectivity index (χ1) is 3.81. The summed E-state index contributed by atoms with van der Waals surface area (Å²) in [6.45, 7) is 1.60. The Morgan fingerprint density at radius 2 is 2.12 bits per heavy atom. The van der Waals surface area contributed by atoms with Crippen molar-refractivity contribution < 1.29 is 9.59 Å². The maximum Gasteiger partial charge on any atom is 0.211 e. The summed E-state index contributed by atoms with van der Waals surface area (Å²) in [5, 5.41) is 2.23. The fourth-order valence-corrected chi connectivity index (χ4v) is 0.199. The molecule has 0 aliphatic carbocycles. The second-order valence-corrected chi connectivity index (χ2v) is 1.29. The normalized spacial score (nSPS) is 10.4. The van der Waals surface area contributed by atoms with E-state index in [0.29, 0.717) is 18.3 Å². The maximum absolute atomic E-state index is 9.79. The zero-order valence-electron chi connectivity index (χ0n) is 4.55. The van der Waals surface area contributed by atoms with Gasteiger partial charge < -0.3 is 5.32 Å². The molecule has 0 rings (SSSR count). The summed E-state index contributed by atoms with van der Waals surface area (Å²) in [6.07, 6.45) is 2.50. The number of aldehydes is 1. The number of hydrogen-bond donors (Lipinski definition) is 1. The lowest BCUT2D eigenvalue weighted by Gasteiger charge is -1.83. The van der Waals surface area contributed by atoms with Crippen molar-refractivity contribution in [1.29, 1.82) is 0 Å². The largest absolute Gasteiger partial charge is 0.335 e. The van der Waals surface area contributed by atoms with Gasteiger partial charge in [0.05, 0.1) is 0 Å². The van der Waals surface area contributed by atoms with Crippen molar-refractivity contribution in [3.63, 3.8) is 0 Å². The number of amides is 1. The van der Waals surface area contributed by atoms with E-state index in [9.17, 15) is 9.59 Å². The molecule has 3 heteroatoms.